The van der Waals surface area contributed by atoms with Gasteiger partial charge in [-0.1, -0.05) is 0 Å². The molecule has 0 bridgehead atoms. The molecule has 0 spiro atoms. The molecule has 0 aromatic carbocycles. The predicted octanol–water partition coefficient (Wildman–Crippen LogP) is 2.15. The zero-order valence-corrected chi connectivity index (χ0v) is 11.7. The van der Waals surface area contributed by atoms with Gasteiger partial charge in [0.05, 0.1) is 6.20 Å². The number of aromatic nitrogens is 1. The molecule has 1 fully saturated rings. The van der Waals surface area contributed by atoms with Crippen molar-refractivity contribution < 1.29 is 4.42 Å². The highest BCUT2D eigenvalue weighted by molar-refractivity contribution is 5.02. The fourth-order valence-electron chi connectivity index (χ4n) is 2.59. The Morgan fingerprint density at radius 2 is 2.06 bits per heavy atom. The monoisotopic (exact) mass is 251 g/mol. The first-order valence-corrected chi connectivity index (χ1v) is 7.00. The summed E-state index contributed by atoms with van der Waals surface area (Å²) in [6.45, 7) is 8.79. The van der Waals surface area contributed by atoms with Crippen LogP contribution in [0.4, 0.5) is 0 Å². The molecule has 0 saturated carbocycles. The average Bonchev–Trinajstić information content (AvgIpc) is 2.76. The third-order valence-electron chi connectivity index (χ3n) is 3.70. The summed E-state index contributed by atoms with van der Waals surface area (Å²) in [6.07, 6.45) is 4.91. The molecule has 1 saturated heterocycles. The van der Waals surface area contributed by atoms with Gasteiger partial charge >= 0.3 is 0 Å². The molecule has 4 nitrogen and oxygen atoms in total. The first kappa shape index (κ1) is 13.6. The summed E-state index contributed by atoms with van der Waals surface area (Å²) < 4.78 is 5.82. The van der Waals surface area contributed by atoms with Crippen LogP contribution in [0.1, 0.15) is 51.2 Å². The van der Waals surface area contributed by atoms with E-state index in [4.69, 9.17) is 10.2 Å². The quantitative estimate of drug-likeness (QED) is 0.891. The van der Waals surface area contributed by atoms with Crippen LogP contribution in [-0.2, 0) is 6.42 Å². The first-order valence-electron chi connectivity index (χ1n) is 7.00. The van der Waals surface area contributed by atoms with Crippen LogP contribution in [0.25, 0.3) is 0 Å². The molecule has 1 aromatic rings. The van der Waals surface area contributed by atoms with E-state index in [9.17, 15) is 0 Å². The Bertz CT molecular complexity index is 365. The molecule has 1 atom stereocenters. The fourth-order valence-corrected chi connectivity index (χ4v) is 2.59. The molecule has 4 heteroatoms. The van der Waals surface area contributed by atoms with Crippen molar-refractivity contribution in [3.05, 3.63) is 17.8 Å². The third-order valence-corrected chi connectivity index (χ3v) is 3.70. The minimum atomic E-state index is 0.133. The van der Waals surface area contributed by atoms with E-state index in [0.29, 0.717) is 12.0 Å². The number of nitrogens with zero attached hydrogens (tertiary/aromatic N) is 2. The van der Waals surface area contributed by atoms with Gasteiger partial charge in [-0.3, -0.25) is 0 Å². The minimum absolute atomic E-state index is 0.133. The molecule has 1 unspecified atom stereocenters. The zero-order valence-electron chi connectivity index (χ0n) is 11.7. The fraction of sp³-hybridized carbons (Fsp3) is 0.786. The maximum Gasteiger partial charge on any atom is 0.197 e. The Hall–Kier alpha value is -0.870. The lowest BCUT2D eigenvalue weighted by Gasteiger charge is -2.33. The predicted molar refractivity (Wildman–Crippen MR) is 72.5 cm³/mol. The Kier molecular flexibility index (Phi) is 4.40. The standard InChI is InChI=1S/C14H25N3O/c1-10(2)17-6-4-12(5-7-17)14-16-9-13(18-14)8-11(3)15/h9-12H,4-8,15H2,1-3H3. The van der Waals surface area contributed by atoms with Gasteiger partial charge in [0.25, 0.3) is 0 Å². The van der Waals surface area contributed by atoms with Gasteiger partial charge in [-0.05, 0) is 46.7 Å². The number of rotatable bonds is 4. The highest BCUT2D eigenvalue weighted by atomic mass is 16.4. The molecule has 102 valence electrons. The Morgan fingerprint density at radius 1 is 1.39 bits per heavy atom. The molecule has 1 aliphatic rings. The van der Waals surface area contributed by atoms with E-state index >= 15 is 0 Å². The first-order chi connectivity index (χ1) is 8.56. The Labute approximate surface area is 110 Å². The molecule has 0 aliphatic carbocycles. The molecular formula is C14H25N3O. The molecule has 2 rings (SSSR count). The van der Waals surface area contributed by atoms with Crippen LogP contribution in [0.15, 0.2) is 10.6 Å². The van der Waals surface area contributed by atoms with Crippen LogP contribution < -0.4 is 5.73 Å². The third kappa shape index (κ3) is 3.33. The van der Waals surface area contributed by atoms with Crippen molar-refractivity contribution in [3.8, 4) is 0 Å². The van der Waals surface area contributed by atoms with Gasteiger partial charge < -0.3 is 15.1 Å². The maximum absolute atomic E-state index is 5.82. The van der Waals surface area contributed by atoms with Gasteiger partial charge in [-0.25, -0.2) is 4.98 Å². The summed E-state index contributed by atoms with van der Waals surface area (Å²) in [5, 5.41) is 0. The lowest BCUT2D eigenvalue weighted by Crippen LogP contribution is -2.37. The number of hydrogen-bond acceptors (Lipinski definition) is 4. The van der Waals surface area contributed by atoms with E-state index in [1.165, 1.54) is 0 Å². The van der Waals surface area contributed by atoms with Gasteiger partial charge in [0.2, 0.25) is 0 Å². The molecular weight excluding hydrogens is 226 g/mol. The summed E-state index contributed by atoms with van der Waals surface area (Å²) in [5.74, 6) is 2.32. The number of hydrogen-bond donors (Lipinski definition) is 1. The topological polar surface area (TPSA) is 55.3 Å². The summed E-state index contributed by atoms with van der Waals surface area (Å²) in [5.41, 5.74) is 5.77. The number of oxazole rings is 1. The molecule has 2 heterocycles. The van der Waals surface area contributed by atoms with Gasteiger partial charge in [-0.15, -0.1) is 0 Å². The van der Waals surface area contributed by atoms with Crippen molar-refractivity contribution in [2.75, 3.05) is 13.1 Å². The zero-order chi connectivity index (χ0) is 13.1. The van der Waals surface area contributed by atoms with Crippen molar-refractivity contribution in [1.82, 2.24) is 9.88 Å². The summed E-state index contributed by atoms with van der Waals surface area (Å²) >= 11 is 0. The van der Waals surface area contributed by atoms with Crippen molar-refractivity contribution >= 4 is 0 Å². The van der Waals surface area contributed by atoms with E-state index < -0.39 is 0 Å². The Balaban J connectivity index is 1.91. The van der Waals surface area contributed by atoms with Crippen molar-refractivity contribution in [2.45, 2.75) is 58.0 Å². The molecule has 18 heavy (non-hydrogen) atoms. The van der Waals surface area contributed by atoms with Crippen LogP contribution >= 0.6 is 0 Å². The van der Waals surface area contributed by atoms with E-state index in [1.54, 1.807) is 0 Å². The minimum Gasteiger partial charge on any atom is -0.445 e. The van der Waals surface area contributed by atoms with Crippen LogP contribution in [0.5, 0.6) is 0 Å². The molecule has 1 aliphatic heterocycles. The average molecular weight is 251 g/mol. The summed E-state index contributed by atoms with van der Waals surface area (Å²) in [4.78, 5) is 6.94. The SMILES string of the molecule is CC(N)Cc1cnc(C2CCN(C(C)C)CC2)o1. The lowest BCUT2D eigenvalue weighted by atomic mass is 9.96. The van der Waals surface area contributed by atoms with E-state index in [1.807, 2.05) is 13.1 Å². The molecule has 2 N–H and O–H groups in total. The summed E-state index contributed by atoms with van der Waals surface area (Å²) in [7, 11) is 0. The molecule has 0 amide bonds. The summed E-state index contributed by atoms with van der Waals surface area (Å²) in [6, 6.07) is 0.776. The normalized spacial score (nSPS) is 20.5. The van der Waals surface area contributed by atoms with Gasteiger partial charge in [-0.2, -0.15) is 0 Å². The molecule has 1 aromatic heterocycles. The van der Waals surface area contributed by atoms with Crippen molar-refractivity contribution in [3.63, 3.8) is 0 Å². The van der Waals surface area contributed by atoms with Crippen LogP contribution in [0, 0.1) is 0 Å². The van der Waals surface area contributed by atoms with E-state index in [0.717, 1.165) is 44.0 Å². The number of nitrogens with two attached hydrogens (primary N) is 1. The van der Waals surface area contributed by atoms with E-state index in [-0.39, 0.29) is 6.04 Å². The van der Waals surface area contributed by atoms with Crippen molar-refractivity contribution in [1.29, 1.82) is 0 Å². The highest BCUT2D eigenvalue weighted by Gasteiger charge is 2.25. The second kappa shape index (κ2) is 5.85. The number of piperidine rings is 1. The molecule has 0 radical (unpaired) electrons. The Morgan fingerprint density at radius 3 is 2.61 bits per heavy atom. The van der Waals surface area contributed by atoms with Crippen molar-refractivity contribution in [2.24, 2.45) is 5.73 Å². The van der Waals surface area contributed by atoms with Crippen LogP contribution in [-0.4, -0.2) is 35.1 Å². The van der Waals surface area contributed by atoms with Crippen LogP contribution in [0.2, 0.25) is 0 Å². The van der Waals surface area contributed by atoms with Gasteiger partial charge in [0.1, 0.15) is 5.76 Å². The van der Waals surface area contributed by atoms with Gasteiger partial charge in [0, 0.05) is 24.4 Å². The highest BCUT2D eigenvalue weighted by Crippen LogP contribution is 2.28. The lowest BCUT2D eigenvalue weighted by molar-refractivity contribution is 0.162. The second-order valence-corrected chi connectivity index (χ2v) is 5.75. The van der Waals surface area contributed by atoms with E-state index in [2.05, 4.69) is 23.7 Å². The second-order valence-electron chi connectivity index (χ2n) is 5.75. The maximum atomic E-state index is 5.82. The number of likely N-dealkylation sites (tertiary alicyclic amines) is 1. The smallest absolute Gasteiger partial charge is 0.197 e. The largest absolute Gasteiger partial charge is 0.445 e. The van der Waals surface area contributed by atoms with Gasteiger partial charge in [0.15, 0.2) is 5.89 Å². The van der Waals surface area contributed by atoms with Crippen LogP contribution in [0.3, 0.4) is 0 Å².